The summed E-state index contributed by atoms with van der Waals surface area (Å²) in [6.45, 7) is 4.23. The molecule has 0 aliphatic rings. The molecular formula is C13H14N2. The zero-order chi connectivity index (χ0) is 10.7. The fraction of sp³-hybridized carbons (Fsp3) is 0.154. The van der Waals surface area contributed by atoms with Crippen LogP contribution in [0.5, 0.6) is 0 Å². The van der Waals surface area contributed by atoms with E-state index in [1.807, 2.05) is 6.08 Å². The number of H-pyrrole nitrogens is 1. The summed E-state index contributed by atoms with van der Waals surface area (Å²) in [6.07, 6.45) is 7.62. The van der Waals surface area contributed by atoms with Crippen LogP contribution in [0.2, 0.25) is 0 Å². The molecule has 2 nitrogen and oxygen atoms in total. The van der Waals surface area contributed by atoms with Crippen molar-refractivity contribution < 1.29 is 0 Å². The third-order valence-electron chi connectivity index (χ3n) is 2.39. The second kappa shape index (κ2) is 4.13. The fourth-order valence-electron chi connectivity index (χ4n) is 1.55. The second-order valence-electron chi connectivity index (χ2n) is 3.70. The highest BCUT2D eigenvalue weighted by molar-refractivity contribution is 5.69. The molecule has 2 rings (SSSR count). The number of hydrogen-bond acceptors (Lipinski definition) is 1. The molecule has 1 aromatic heterocycles. The van der Waals surface area contributed by atoms with E-state index in [9.17, 15) is 0 Å². The van der Waals surface area contributed by atoms with Crippen molar-refractivity contribution in [2.75, 3.05) is 0 Å². The minimum Gasteiger partial charge on any atom is -0.345 e. The number of aryl methyl sites for hydroxylation is 2. The molecule has 0 bridgehead atoms. The average molecular weight is 198 g/mol. The minimum absolute atomic E-state index is 1.02. The molecule has 1 heterocycles. The third kappa shape index (κ3) is 2.34. The second-order valence-corrected chi connectivity index (χ2v) is 3.70. The van der Waals surface area contributed by atoms with E-state index in [1.165, 1.54) is 16.7 Å². The molecule has 76 valence electrons. The Kier molecular flexibility index (Phi) is 2.68. The summed E-state index contributed by atoms with van der Waals surface area (Å²) in [5.74, 6) is 0. The van der Waals surface area contributed by atoms with Gasteiger partial charge in [-0.25, -0.2) is 4.98 Å². The lowest BCUT2D eigenvalue weighted by Crippen LogP contribution is -1.81. The lowest BCUT2D eigenvalue weighted by Gasteiger charge is -2.00. The van der Waals surface area contributed by atoms with Gasteiger partial charge in [0.1, 0.15) is 0 Å². The Labute approximate surface area is 89.7 Å². The zero-order valence-electron chi connectivity index (χ0n) is 8.99. The quantitative estimate of drug-likeness (QED) is 0.788. The first kappa shape index (κ1) is 9.71. The van der Waals surface area contributed by atoms with Gasteiger partial charge in [-0.2, -0.15) is 0 Å². The van der Waals surface area contributed by atoms with Gasteiger partial charge in [-0.1, -0.05) is 29.8 Å². The Bertz CT molecular complexity index is 467. The van der Waals surface area contributed by atoms with Gasteiger partial charge in [-0.05, 0) is 31.1 Å². The van der Waals surface area contributed by atoms with Gasteiger partial charge >= 0.3 is 0 Å². The van der Waals surface area contributed by atoms with Gasteiger partial charge in [-0.15, -0.1) is 0 Å². The molecule has 0 aliphatic carbocycles. The topological polar surface area (TPSA) is 28.7 Å². The lowest BCUT2D eigenvalue weighted by atomic mass is 10.1. The molecule has 0 saturated heterocycles. The zero-order valence-corrected chi connectivity index (χ0v) is 8.99. The van der Waals surface area contributed by atoms with Crippen molar-refractivity contribution in [3.05, 3.63) is 53.1 Å². The summed E-state index contributed by atoms with van der Waals surface area (Å²) < 4.78 is 0. The highest BCUT2D eigenvalue weighted by atomic mass is 14.8. The summed E-state index contributed by atoms with van der Waals surface area (Å²) in [5.41, 5.74) is 4.86. The van der Waals surface area contributed by atoms with E-state index in [0.29, 0.717) is 0 Å². The monoisotopic (exact) mass is 198 g/mol. The first-order valence-electron chi connectivity index (χ1n) is 4.99. The standard InChI is InChI=1S/C13H14N2/c1-10-3-4-12(11(2)7-10)5-6-13-8-14-9-15-13/h3-9H,1-2H3,(H,14,15)/b6-5+. The first-order chi connectivity index (χ1) is 7.25. The van der Waals surface area contributed by atoms with E-state index in [1.54, 1.807) is 12.5 Å². The van der Waals surface area contributed by atoms with Crippen LogP contribution in [0, 0.1) is 13.8 Å². The van der Waals surface area contributed by atoms with Crippen LogP contribution >= 0.6 is 0 Å². The number of nitrogens with one attached hydrogen (secondary N) is 1. The first-order valence-corrected chi connectivity index (χ1v) is 4.99. The predicted molar refractivity (Wildman–Crippen MR) is 63.4 cm³/mol. The molecule has 0 fully saturated rings. The molecule has 0 saturated carbocycles. The maximum absolute atomic E-state index is 3.96. The van der Waals surface area contributed by atoms with Crippen molar-refractivity contribution in [1.29, 1.82) is 0 Å². The van der Waals surface area contributed by atoms with Crippen molar-refractivity contribution in [2.45, 2.75) is 13.8 Å². The van der Waals surface area contributed by atoms with Gasteiger partial charge in [0, 0.05) is 0 Å². The van der Waals surface area contributed by atoms with Crippen LogP contribution in [-0.4, -0.2) is 9.97 Å². The molecule has 0 spiro atoms. The Balaban J connectivity index is 2.24. The van der Waals surface area contributed by atoms with Crippen molar-refractivity contribution >= 4 is 12.2 Å². The number of hydrogen-bond donors (Lipinski definition) is 1. The van der Waals surface area contributed by atoms with E-state index in [0.717, 1.165) is 5.69 Å². The number of aromatic amines is 1. The molecule has 1 aromatic carbocycles. The summed E-state index contributed by atoms with van der Waals surface area (Å²) in [7, 11) is 0. The molecule has 2 aromatic rings. The number of nitrogens with zero attached hydrogens (tertiary/aromatic N) is 1. The van der Waals surface area contributed by atoms with E-state index in [4.69, 9.17) is 0 Å². The van der Waals surface area contributed by atoms with Crippen molar-refractivity contribution in [3.8, 4) is 0 Å². The molecule has 1 N–H and O–H groups in total. The third-order valence-corrected chi connectivity index (χ3v) is 2.39. The van der Waals surface area contributed by atoms with E-state index < -0.39 is 0 Å². The Morgan fingerprint density at radius 3 is 2.73 bits per heavy atom. The van der Waals surface area contributed by atoms with Crippen LogP contribution in [-0.2, 0) is 0 Å². The fourth-order valence-corrected chi connectivity index (χ4v) is 1.55. The van der Waals surface area contributed by atoms with Crippen LogP contribution < -0.4 is 0 Å². The predicted octanol–water partition coefficient (Wildman–Crippen LogP) is 3.20. The highest BCUT2D eigenvalue weighted by Crippen LogP contribution is 2.13. The normalized spacial score (nSPS) is 11.1. The maximum Gasteiger partial charge on any atom is 0.0924 e. The Hall–Kier alpha value is -1.83. The van der Waals surface area contributed by atoms with E-state index in [-0.39, 0.29) is 0 Å². The Morgan fingerprint density at radius 2 is 2.07 bits per heavy atom. The number of benzene rings is 1. The van der Waals surface area contributed by atoms with Gasteiger partial charge in [0.15, 0.2) is 0 Å². The summed E-state index contributed by atoms with van der Waals surface area (Å²) in [5, 5.41) is 0. The van der Waals surface area contributed by atoms with Crippen molar-refractivity contribution in [3.63, 3.8) is 0 Å². The largest absolute Gasteiger partial charge is 0.345 e. The highest BCUT2D eigenvalue weighted by Gasteiger charge is 1.94. The Morgan fingerprint density at radius 1 is 1.20 bits per heavy atom. The molecule has 15 heavy (non-hydrogen) atoms. The van der Waals surface area contributed by atoms with Crippen LogP contribution in [0.3, 0.4) is 0 Å². The number of rotatable bonds is 2. The average Bonchev–Trinajstić information content (AvgIpc) is 2.69. The molecule has 0 unspecified atom stereocenters. The maximum atomic E-state index is 3.96. The minimum atomic E-state index is 1.02. The molecule has 2 heteroatoms. The summed E-state index contributed by atoms with van der Waals surface area (Å²) in [4.78, 5) is 7.00. The van der Waals surface area contributed by atoms with Gasteiger partial charge in [0.2, 0.25) is 0 Å². The van der Waals surface area contributed by atoms with Crippen LogP contribution in [0.25, 0.3) is 12.2 Å². The van der Waals surface area contributed by atoms with Crippen LogP contribution in [0.15, 0.2) is 30.7 Å². The van der Waals surface area contributed by atoms with Crippen molar-refractivity contribution in [1.82, 2.24) is 9.97 Å². The molecule has 0 atom stereocenters. The van der Waals surface area contributed by atoms with E-state index in [2.05, 4.69) is 48.1 Å². The summed E-state index contributed by atoms with van der Waals surface area (Å²) >= 11 is 0. The van der Waals surface area contributed by atoms with Crippen LogP contribution in [0.4, 0.5) is 0 Å². The summed E-state index contributed by atoms with van der Waals surface area (Å²) in [6, 6.07) is 6.45. The number of aromatic nitrogens is 2. The lowest BCUT2D eigenvalue weighted by molar-refractivity contribution is 1.31. The number of imidazole rings is 1. The molecule has 0 radical (unpaired) electrons. The van der Waals surface area contributed by atoms with Gasteiger partial charge in [0.25, 0.3) is 0 Å². The van der Waals surface area contributed by atoms with Crippen LogP contribution in [0.1, 0.15) is 22.4 Å². The van der Waals surface area contributed by atoms with E-state index >= 15 is 0 Å². The molecule has 0 aliphatic heterocycles. The van der Waals surface area contributed by atoms with Gasteiger partial charge < -0.3 is 4.98 Å². The van der Waals surface area contributed by atoms with Gasteiger partial charge in [0.05, 0.1) is 18.2 Å². The smallest absolute Gasteiger partial charge is 0.0924 e. The van der Waals surface area contributed by atoms with Gasteiger partial charge in [-0.3, -0.25) is 0 Å². The molecular weight excluding hydrogens is 184 g/mol. The molecule has 0 amide bonds. The SMILES string of the molecule is Cc1ccc(/C=C/c2cnc[nH]2)c(C)c1. The van der Waals surface area contributed by atoms with Crippen molar-refractivity contribution in [2.24, 2.45) is 0 Å².